The lowest BCUT2D eigenvalue weighted by Gasteiger charge is -2.25. The van der Waals surface area contributed by atoms with Crippen LogP contribution < -0.4 is 5.32 Å². The highest BCUT2D eigenvalue weighted by molar-refractivity contribution is 4.73. The average molecular weight is 159 g/mol. The first-order valence-corrected chi connectivity index (χ1v) is 4.50. The number of nitrogens with one attached hydrogen (secondary N) is 1. The number of aliphatic hydroxyl groups is 1. The van der Waals surface area contributed by atoms with Gasteiger partial charge in [0.1, 0.15) is 0 Å². The molecule has 11 heavy (non-hydrogen) atoms. The van der Waals surface area contributed by atoms with Crippen molar-refractivity contribution in [3.63, 3.8) is 0 Å². The van der Waals surface area contributed by atoms with Crippen molar-refractivity contribution in [2.45, 2.75) is 33.6 Å². The van der Waals surface area contributed by atoms with Gasteiger partial charge >= 0.3 is 0 Å². The molecule has 0 aliphatic heterocycles. The topological polar surface area (TPSA) is 32.3 Å². The van der Waals surface area contributed by atoms with Gasteiger partial charge in [-0.15, -0.1) is 0 Å². The Hall–Kier alpha value is -0.0800. The summed E-state index contributed by atoms with van der Waals surface area (Å²) in [6.07, 6.45) is 2.19. The SMILES string of the molecule is CCCNCC(C)(CC)CO. The molecule has 0 amide bonds. The molecule has 0 aromatic heterocycles. The summed E-state index contributed by atoms with van der Waals surface area (Å²) in [6, 6.07) is 0. The van der Waals surface area contributed by atoms with Crippen molar-refractivity contribution >= 4 is 0 Å². The maximum atomic E-state index is 9.04. The van der Waals surface area contributed by atoms with Gasteiger partial charge in [0.15, 0.2) is 0 Å². The number of hydrogen-bond donors (Lipinski definition) is 2. The zero-order valence-corrected chi connectivity index (χ0v) is 7.98. The summed E-state index contributed by atoms with van der Waals surface area (Å²) in [5, 5.41) is 12.4. The highest BCUT2D eigenvalue weighted by atomic mass is 16.3. The molecule has 0 radical (unpaired) electrons. The van der Waals surface area contributed by atoms with E-state index in [1.807, 2.05) is 0 Å². The van der Waals surface area contributed by atoms with Crippen LogP contribution in [0.15, 0.2) is 0 Å². The Balaban J connectivity index is 3.51. The quantitative estimate of drug-likeness (QED) is 0.574. The fourth-order valence-corrected chi connectivity index (χ4v) is 0.860. The van der Waals surface area contributed by atoms with Gasteiger partial charge in [0.25, 0.3) is 0 Å². The van der Waals surface area contributed by atoms with E-state index in [4.69, 9.17) is 5.11 Å². The monoisotopic (exact) mass is 159 g/mol. The van der Waals surface area contributed by atoms with Crippen molar-refractivity contribution in [3.05, 3.63) is 0 Å². The minimum atomic E-state index is 0.0785. The van der Waals surface area contributed by atoms with E-state index < -0.39 is 0 Å². The fraction of sp³-hybridized carbons (Fsp3) is 1.00. The minimum Gasteiger partial charge on any atom is -0.396 e. The third-order valence-corrected chi connectivity index (χ3v) is 2.21. The number of hydrogen-bond acceptors (Lipinski definition) is 2. The molecular formula is C9H21NO. The van der Waals surface area contributed by atoms with Gasteiger partial charge in [-0.2, -0.15) is 0 Å². The van der Waals surface area contributed by atoms with Gasteiger partial charge in [-0.3, -0.25) is 0 Å². The number of rotatable bonds is 6. The lowest BCUT2D eigenvalue weighted by molar-refractivity contribution is 0.136. The van der Waals surface area contributed by atoms with Gasteiger partial charge < -0.3 is 10.4 Å². The predicted octanol–water partition coefficient (Wildman–Crippen LogP) is 1.39. The third-order valence-electron chi connectivity index (χ3n) is 2.21. The van der Waals surface area contributed by atoms with Crippen LogP contribution in [0.5, 0.6) is 0 Å². The van der Waals surface area contributed by atoms with Gasteiger partial charge in [0, 0.05) is 18.6 Å². The minimum absolute atomic E-state index is 0.0785. The van der Waals surface area contributed by atoms with Crippen LogP contribution in [0.25, 0.3) is 0 Å². The lowest BCUT2D eigenvalue weighted by atomic mass is 9.89. The van der Waals surface area contributed by atoms with E-state index in [1.54, 1.807) is 0 Å². The molecule has 68 valence electrons. The molecule has 0 aromatic carbocycles. The van der Waals surface area contributed by atoms with E-state index >= 15 is 0 Å². The smallest absolute Gasteiger partial charge is 0.0496 e. The lowest BCUT2D eigenvalue weighted by Crippen LogP contribution is -2.34. The Morgan fingerprint density at radius 1 is 1.36 bits per heavy atom. The Morgan fingerprint density at radius 2 is 2.00 bits per heavy atom. The first-order chi connectivity index (χ1) is 5.18. The molecule has 0 heterocycles. The summed E-state index contributed by atoms with van der Waals surface area (Å²) in [5.74, 6) is 0. The van der Waals surface area contributed by atoms with Crippen LogP contribution in [0.3, 0.4) is 0 Å². The second-order valence-corrected chi connectivity index (χ2v) is 3.50. The molecule has 2 N–H and O–H groups in total. The summed E-state index contributed by atoms with van der Waals surface area (Å²) < 4.78 is 0. The van der Waals surface area contributed by atoms with Gasteiger partial charge in [0.2, 0.25) is 0 Å². The van der Waals surface area contributed by atoms with Crippen LogP contribution in [0.4, 0.5) is 0 Å². The molecule has 0 bridgehead atoms. The van der Waals surface area contributed by atoms with Crippen LogP contribution in [0, 0.1) is 5.41 Å². The molecular weight excluding hydrogens is 138 g/mol. The molecule has 0 aromatic rings. The van der Waals surface area contributed by atoms with Crippen molar-refractivity contribution in [1.29, 1.82) is 0 Å². The van der Waals surface area contributed by atoms with E-state index in [-0.39, 0.29) is 12.0 Å². The Kier molecular flexibility index (Phi) is 5.51. The van der Waals surface area contributed by atoms with E-state index in [2.05, 4.69) is 26.1 Å². The standard InChI is InChI=1S/C9H21NO/c1-4-6-10-7-9(3,5-2)8-11/h10-11H,4-8H2,1-3H3. The second kappa shape index (κ2) is 5.56. The first-order valence-electron chi connectivity index (χ1n) is 4.50. The summed E-state index contributed by atoms with van der Waals surface area (Å²) >= 11 is 0. The van der Waals surface area contributed by atoms with Crippen molar-refractivity contribution in [2.24, 2.45) is 5.41 Å². The van der Waals surface area contributed by atoms with E-state index in [1.165, 1.54) is 0 Å². The third kappa shape index (κ3) is 4.38. The van der Waals surface area contributed by atoms with Gasteiger partial charge in [0.05, 0.1) is 0 Å². The molecule has 2 nitrogen and oxygen atoms in total. The molecule has 2 heteroatoms. The molecule has 1 unspecified atom stereocenters. The Morgan fingerprint density at radius 3 is 2.36 bits per heavy atom. The van der Waals surface area contributed by atoms with E-state index in [0.717, 1.165) is 25.9 Å². The van der Waals surface area contributed by atoms with Gasteiger partial charge in [-0.1, -0.05) is 20.8 Å². The Bertz CT molecular complexity index is 89.6. The second-order valence-electron chi connectivity index (χ2n) is 3.50. The maximum Gasteiger partial charge on any atom is 0.0496 e. The van der Waals surface area contributed by atoms with Crippen molar-refractivity contribution < 1.29 is 5.11 Å². The normalized spacial score (nSPS) is 16.4. The molecule has 0 saturated heterocycles. The zero-order valence-electron chi connectivity index (χ0n) is 7.98. The highest BCUT2D eigenvalue weighted by Gasteiger charge is 2.19. The van der Waals surface area contributed by atoms with Gasteiger partial charge in [-0.05, 0) is 19.4 Å². The van der Waals surface area contributed by atoms with Crippen molar-refractivity contribution in [2.75, 3.05) is 19.7 Å². The molecule has 0 aliphatic rings. The fourth-order valence-electron chi connectivity index (χ4n) is 0.860. The largest absolute Gasteiger partial charge is 0.396 e. The average Bonchev–Trinajstić information content (AvgIpc) is 2.05. The summed E-state index contributed by atoms with van der Waals surface area (Å²) in [6.45, 7) is 8.62. The molecule has 0 aliphatic carbocycles. The van der Waals surface area contributed by atoms with E-state index in [0.29, 0.717) is 0 Å². The molecule has 0 rings (SSSR count). The Labute approximate surface area is 70.0 Å². The van der Waals surface area contributed by atoms with Crippen molar-refractivity contribution in [1.82, 2.24) is 5.32 Å². The molecule has 1 atom stereocenters. The van der Waals surface area contributed by atoms with Gasteiger partial charge in [-0.25, -0.2) is 0 Å². The summed E-state index contributed by atoms with van der Waals surface area (Å²) in [5.41, 5.74) is 0.0785. The molecule has 0 spiro atoms. The predicted molar refractivity (Wildman–Crippen MR) is 48.6 cm³/mol. The molecule has 0 saturated carbocycles. The van der Waals surface area contributed by atoms with Crippen LogP contribution >= 0.6 is 0 Å². The van der Waals surface area contributed by atoms with Crippen LogP contribution in [0.1, 0.15) is 33.6 Å². The summed E-state index contributed by atoms with van der Waals surface area (Å²) in [7, 11) is 0. The van der Waals surface area contributed by atoms with E-state index in [9.17, 15) is 0 Å². The number of aliphatic hydroxyl groups excluding tert-OH is 1. The van der Waals surface area contributed by atoms with Crippen LogP contribution in [-0.2, 0) is 0 Å². The first kappa shape index (κ1) is 10.9. The van der Waals surface area contributed by atoms with Crippen LogP contribution in [0.2, 0.25) is 0 Å². The summed E-state index contributed by atoms with van der Waals surface area (Å²) in [4.78, 5) is 0. The van der Waals surface area contributed by atoms with Crippen molar-refractivity contribution in [3.8, 4) is 0 Å². The molecule has 0 fully saturated rings. The zero-order chi connectivity index (χ0) is 8.74. The van der Waals surface area contributed by atoms with Crippen LogP contribution in [-0.4, -0.2) is 24.8 Å². The highest BCUT2D eigenvalue weighted by Crippen LogP contribution is 2.17. The maximum absolute atomic E-state index is 9.04.